The Morgan fingerprint density at radius 3 is 2.40 bits per heavy atom. The Hall–Kier alpha value is -0.790. The number of carboxylic acids is 1. The van der Waals surface area contributed by atoms with Crippen molar-refractivity contribution < 1.29 is 9.90 Å². The number of hydrogen-bond donors (Lipinski definition) is 0. The maximum absolute atomic E-state index is 10.6. The van der Waals surface area contributed by atoms with Gasteiger partial charge in [0.2, 0.25) is 0 Å². The molecule has 0 saturated carbocycles. The SMILES string of the molecule is CCCCCC(C)CC/C=C(\C)CCCC(C)C(=O)[O-]. The first-order valence-electron chi connectivity index (χ1n) is 8.33. The summed E-state index contributed by atoms with van der Waals surface area (Å²) in [6.07, 6.45) is 12.8. The molecule has 0 aromatic carbocycles. The highest BCUT2D eigenvalue weighted by molar-refractivity contribution is 5.66. The molecule has 0 saturated heterocycles. The number of carbonyl (C=O) groups is 1. The number of allylic oxidation sites excluding steroid dienone is 2. The average molecular weight is 281 g/mol. The van der Waals surface area contributed by atoms with Crippen LogP contribution in [0.4, 0.5) is 0 Å². The van der Waals surface area contributed by atoms with E-state index in [1.165, 1.54) is 37.7 Å². The Morgan fingerprint density at radius 1 is 1.10 bits per heavy atom. The molecule has 0 aromatic heterocycles. The second-order valence-electron chi connectivity index (χ2n) is 6.34. The van der Waals surface area contributed by atoms with Crippen molar-refractivity contribution in [3.8, 4) is 0 Å². The summed E-state index contributed by atoms with van der Waals surface area (Å²) in [5.74, 6) is -0.419. The molecule has 0 aliphatic carbocycles. The van der Waals surface area contributed by atoms with Crippen LogP contribution < -0.4 is 5.11 Å². The zero-order valence-corrected chi connectivity index (χ0v) is 13.9. The van der Waals surface area contributed by atoms with Crippen molar-refractivity contribution in [1.82, 2.24) is 0 Å². The van der Waals surface area contributed by atoms with Crippen molar-refractivity contribution in [2.45, 2.75) is 85.5 Å². The Morgan fingerprint density at radius 2 is 1.80 bits per heavy atom. The van der Waals surface area contributed by atoms with Crippen LogP contribution in [0.1, 0.15) is 85.5 Å². The lowest BCUT2D eigenvalue weighted by atomic mass is 9.96. The lowest BCUT2D eigenvalue weighted by molar-refractivity contribution is -0.311. The van der Waals surface area contributed by atoms with E-state index in [9.17, 15) is 9.90 Å². The van der Waals surface area contributed by atoms with Crippen LogP contribution in [0.2, 0.25) is 0 Å². The molecule has 2 unspecified atom stereocenters. The predicted octanol–water partition coefficient (Wildman–Crippen LogP) is 4.49. The Labute approximate surface area is 125 Å². The van der Waals surface area contributed by atoms with E-state index in [2.05, 4.69) is 26.8 Å². The van der Waals surface area contributed by atoms with Gasteiger partial charge in [0, 0.05) is 5.97 Å². The minimum atomic E-state index is -0.924. The Kier molecular flexibility index (Phi) is 11.5. The summed E-state index contributed by atoms with van der Waals surface area (Å²) in [4.78, 5) is 10.6. The molecule has 0 fully saturated rings. The van der Waals surface area contributed by atoms with Crippen molar-refractivity contribution in [3.05, 3.63) is 11.6 Å². The molecule has 0 N–H and O–H groups in total. The van der Waals surface area contributed by atoms with Gasteiger partial charge in [-0.2, -0.15) is 0 Å². The number of hydrogen-bond acceptors (Lipinski definition) is 2. The van der Waals surface area contributed by atoms with Crippen LogP contribution in [0.5, 0.6) is 0 Å². The van der Waals surface area contributed by atoms with E-state index in [0.717, 1.165) is 31.6 Å². The standard InChI is InChI=1S/C18H34O2/c1-5-6-7-10-15(2)11-8-12-16(3)13-9-14-17(4)18(19)20/h12,15,17H,5-11,13-14H2,1-4H3,(H,19,20)/p-1/b16-12+. The van der Waals surface area contributed by atoms with Crippen molar-refractivity contribution >= 4 is 5.97 Å². The number of carboxylic acid groups (broad SMARTS) is 1. The molecular formula is C18H33O2-. The fraction of sp³-hybridized carbons (Fsp3) is 0.833. The highest BCUT2D eigenvalue weighted by Gasteiger charge is 2.03. The summed E-state index contributed by atoms with van der Waals surface area (Å²) in [5, 5.41) is 10.6. The molecule has 20 heavy (non-hydrogen) atoms. The molecule has 2 heteroatoms. The maximum atomic E-state index is 10.6. The molecule has 0 rings (SSSR count). The normalized spacial score (nSPS) is 15.1. The summed E-state index contributed by atoms with van der Waals surface area (Å²) in [6, 6.07) is 0. The van der Waals surface area contributed by atoms with Gasteiger partial charge in [-0.05, 0) is 50.9 Å². The number of aliphatic carboxylic acids is 1. The zero-order valence-electron chi connectivity index (χ0n) is 13.9. The molecule has 118 valence electrons. The van der Waals surface area contributed by atoms with E-state index in [1.807, 2.05) is 0 Å². The summed E-state index contributed by atoms with van der Waals surface area (Å²) in [7, 11) is 0. The van der Waals surface area contributed by atoms with Crippen molar-refractivity contribution in [3.63, 3.8) is 0 Å². The smallest absolute Gasteiger partial charge is 0.0442 e. The van der Waals surface area contributed by atoms with E-state index in [1.54, 1.807) is 6.92 Å². The van der Waals surface area contributed by atoms with Gasteiger partial charge in [-0.15, -0.1) is 0 Å². The molecule has 0 aliphatic rings. The molecule has 0 radical (unpaired) electrons. The van der Waals surface area contributed by atoms with E-state index >= 15 is 0 Å². The first-order chi connectivity index (χ1) is 9.47. The van der Waals surface area contributed by atoms with E-state index in [0.29, 0.717) is 0 Å². The Balaban J connectivity index is 3.66. The van der Waals surface area contributed by atoms with Gasteiger partial charge in [0.1, 0.15) is 0 Å². The Bertz CT molecular complexity index is 281. The van der Waals surface area contributed by atoms with Crippen LogP contribution in [0.15, 0.2) is 11.6 Å². The molecule has 0 spiro atoms. The summed E-state index contributed by atoms with van der Waals surface area (Å²) in [6.45, 7) is 8.48. The van der Waals surface area contributed by atoms with Gasteiger partial charge in [0.05, 0.1) is 0 Å². The number of rotatable bonds is 12. The number of carbonyl (C=O) groups excluding carboxylic acids is 1. The predicted molar refractivity (Wildman–Crippen MR) is 84.3 cm³/mol. The molecule has 0 bridgehead atoms. The lowest BCUT2D eigenvalue weighted by Crippen LogP contribution is -2.29. The van der Waals surface area contributed by atoms with Gasteiger partial charge in [-0.1, -0.05) is 58.1 Å². The van der Waals surface area contributed by atoms with Crippen LogP contribution in [0.25, 0.3) is 0 Å². The summed E-state index contributed by atoms with van der Waals surface area (Å²) >= 11 is 0. The first kappa shape index (κ1) is 19.2. The third kappa shape index (κ3) is 11.1. The molecule has 2 nitrogen and oxygen atoms in total. The van der Waals surface area contributed by atoms with E-state index in [-0.39, 0.29) is 5.92 Å². The highest BCUT2D eigenvalue weighted by Crippen LogP contribution is 2.17. The first-order valence-corrected chi connectivity index (χ1v) is 8.33. The quantitative estimate of drug-likeness (QED) is 0.391. The van der Waals surface area contributed by atoms with Gasteiger partial charge in [0.15, 0.2) is 0 Å². The third-order valence-corrected chi connectivity index (χ3v) is 4.06. The van der Waals surface area contributed by atoms with Crippen molar-refractivity contribution in [2.75, 3.05) is 0 Å². The minimum Gasteiger partial charge on any atom is -0.550 e. The minimum absolute atomic E-state index is 0.318. The third-order valence-electron chi connectivity index (χ3n) is 4.06. The van der Waals surface area contributed by atoms with Gasteiger partial charge >= 0.3 is 0 Å². The van der Waals surface area contributed by atoms with Crippen molar-refractivity contribution in [2.24, 2.45) is 11.8 Å². The van der Waals surface area contributed by atoms with E-state index < -0.39 is 5.97 Å². The molecule has 0 aromatic rings. The number of unbranched alkanes of at least 4 members (excludes halogenated alkanes) is 2. The van der Waals surface area contributed by atoms with Crippen LogP contribution in [-0.4, -0.2) is 5.97 Å². The molecule has 0 amide bonds. The summed E-state index contributed by atoms with van der Waals surface area (Å²) in [5.41, 5.74) is 1.40. The average Bonchev–Trinajstić information content (AvgIpc) is 2.38. The van der Waals surface area contributed by atoms with Crippen LogP contribution in [0.3, 0.4) is 0 Å². The van der Waals surface area contributed by atoms with Gasteiger partial charge in [-0.3, -0.25) is 0 Å². The fourth-order valence-corrected chi connectivity index (χ4v) is 2.41. The van der Waals surface area contributed by atoms with Gasteiger partial charge < -0.3 is 9.90 Å². The lowest BCUT2D eigenvalue weighted by Gasteiger charge is -2.12. The zero-order chi connectivity index (χ0) is 15.4. The molecular weight excluding hydrogens is 248 g/mol. The largest absolute Gasteiger partial charge is 0.550 e. The van der Waals surface area contributed by atoms with Gasteiger partial charge in [-0.25, -0.2) is 0 Å². The summed E-state index contributed by atoms with van der Waals surface area (Å²) < 4.78 is 0. The monoisotopic (exact) mass is 281 g/mol. The van der Waals surface area contributed by atoms with Crippen molar-refractivity contribution in [1.29, 1.82) is 0 Å². The highest BCUT2D eigenvalue weighted by atomic mass is 16.4. The maximum Gasteiger partial charge on any atom is 0.0442 e. The fourth-order valence-electron chi connectivity index (χ4n) is 2.41. The van der Waals surface area contributed by atoms with E-state index in [4.69, 9.17) is 0 Å². The van der Waals surface area contributed by atoms with Crippen LogP contribution in [-0.2, 0) is 4.79 Å². The molecule has 0 heterocycles. The second-order valence-corrected chi connectivity index (χ2v) is 6.34. The molecule has 0 aliphatic heterocycles. The second kappa shape index (κ2) is 12.0. The molecule has 2 atom stereocenters. The van der Waals surface area contributed by atoms with Crippen LogP contribution >= 0.6 is 0 Å². The van der Waals surface area contributed by atoms with Gasteiger partial charge in [0.25, 0.3) is 0 Å². The topological polar surface area (TPSA) is 40.1 Å². The van der Waals surface area contributed by atoms with Crippen LogP contribution in [0, 0.1) is 11.8 Å².